The van der Waals surface area contributed by atoms with Crippen LogP contribution < -0.4 is 0 Å². The van der Waals surface area contributed by atoms with Crippen molar-refractivity contribution < 1.29 is 8.42 Å². The number of hydrogen-bond donors (Lipinski definition) is 0. The molecule has 1 aromatic rings. The van der Waals surface area contributed by atoms with Crippen LogP contribution in [-0.4, -0.2) is 20.4 Å². The number of sulfone groups is 1. The lowest BCUT2D eigenvalue weighted by atomic mass is 10.2. The Balaban J connectivity index is 2.61. The summed E-state index contributed by atoms with van der Waals surface area (Å²) in [4.78, 5) is 0. The molecule has 0 fully saturated rings. The highest BCUT2D eigenvalue weighted by molar-refractivity contribution is 7.90. The van der Waals surface area contributed by atoms with E-state index in [4.69, 9.17) is 0 Å². The van der Waals surface area contributed by atoms with Crippen LogP contribution in [-0.2, 0) is 9.84 Å². The minimum Gasteiger partial charge on any atom is -0.229 e. The second kappa shape index (κ2) is 4.23. The van der Waals surface area contributed by atoms with E-state index in [0.29, 0.717) is 0 Å². The zero-order valence-electron chi connectivity index (χ0n) is 7.47. The lowest BCUT2D eigenvalue weighted by molar-refractivity contribution is 0.604. The van der Waals surface area contributed by atoms with E-state index in [9.17, 15) is 8.42 Å². The van der Waals surface area contributed by atoms with Crippen LogP contribution in [0.5, 0.6) is 0 Å². The van der Waals surface area contributed by atoms with E-state index < -0.39 is 9.84 Å². The average Bonchev–Trinajstić information content (AvgIpc) is 2.04. The minimum absolute atomic E-state index is 0.0991. The van der Waals surface area contributed by atoms with Crippen LogP contribution in [0.3, 0.4) is 0 Å². The Labute approximate surface area is 78.8 Å². The second-order valence-corrected chi connectivity index (χ2v) is 5.09. The Hall–Kier alpha value is -1.09. The van der Waals surface area contributed by atoms with Gasteiger partial charge in [-0.1, -0.05) is 42.5 Å². The highest BCUT2D eigenvalue weighted by Gasteiger charge is 1.95. The molecule has 0 saturated heterocycles. The molecule has 0 unspecified atom stereocenters. The van der Waals surface area contributed by atoms with E-state index in [1.54, 1.807) is 12.2 Å². The van der Waals surface area contributed by atoms with Crippen molar-refractivity contribution in [3.63, 3.8) is 0 Å². The molecule has 3 heteroatoms. The molecule has 0 amide bonds. The van der Waals surface area contributed by atoms with Gasteiger partial charge < -0.3 is 0 Å². The molecule has 0 bridgehead atoms. The van der Waals surface area contributed by atoms with Crippen molar-refractivity contribution in [3.05, 3.63) is 42.0 Å². The molecule has 0 aliphatic heterocycles. The summed E-state index contributed by atoms with van der Waals surface area (Å²) in [5.74, 6) is 0.0991. The quantitative estimate of drug-likeness (QED) is 0.738. The number of hydrogen-bond acceptors (Lipinski definition) is 2. The van der Waals surface area contributed by atoms with Crippen LogP contribution in [0.4, 0.5) is 0 Å². The molecule has 13 heavy (non-hydrogen) atoms. The topological polar surface area (TPSA) is 34.1 Å². The van der Waals surface area contributed by atoms with Gasteiger partial charge in [-0.25, -0.2) is 8.42 Å². The summed E-state index contributed by atoms with van der Waals surface area (Å²) >= 11 is 0. The third-order valence-electron chi connectivity index (χ3n) is 1.51. The fourth-order valence-corrected chi connectivity index (χ4v) is 1.37. The molecular weight excluding hydrogens is 184 g/mol. The van der Waals surface area contributed by atoms with Crippen molar-refractivity contribution >= 4 is 15.9 Å². The largest absolute Gasteiger partial charge is 0.229 e. The molecule has 0 saturated carbocycles. The summed E-state index contributed by atoms with van der Waals surface area (Å²) in [7, 11) is -2.88. The maximum absolute atomic E-state index is 10.8. The van der Waals surface area contributed by atoms with E-state index in [0.717, 1.165) is 5.56 Å². The van der Waals surface area contributed by atoms with Crippen LogP contribution >= 0.6 is 0 Å². The van der Waals surface area contributed by atoms with Gasteiger partial charge in [0.1, 0.15) is 0 Å². The van der Waals surface area contributed by atoms with E-state index in [2.05, 4.69) is 0 Å². The monoisotopic (exact) mass is 196 g/mol. The van der Waals surface area contributed by atoms with E-state index in [1.807, 2.05) is 30.3 Å². The summed E-state index contributed by atoms with van der Waals surface area (Å²) in [5.41, 5.74) is 1.02. The minimum atomic E-state index is -2.88. The molecule has 0 aliphatic rings. The second-order valence-electron chi connectivity index (χ2n) is 2.91. The van der Waals surface area contributed by atoms with Gasteiger partial charge >= 0.3 is 0 Å². The zero-order valence-corrected chi connectivity index (χ0v) is 8.29. The van der Waals surface area contributed by atoms with Gasteiger partial charge in [0.25, 0.3) is 0 Å². The van der Waals surface area contributed by atoms with Gasteiger partial charge in [-0.2, -0.15) is 0 Å². The Morgan fingerprint density at radius 2 is 1.85 bits per heavy atom. The molecule has 0 N–H and O–H groups in total. The Kier molecular flexibility index (Phi) is 3.25. The van der Waals surface area contributed by atoms with Gasteiger partial charge in [0, 0.05) is 6.26 Å². The summed E-state index contributed by atoms with van der Waals surface area (Å²) < 4.78 is 21.5. The van der Waals surface area contributed by atoms with Gasteiger partial charge in [0.15, 0.2) is 9.84 Å². The van der Waals surface area contributed by atoms with Crippen molar-refractivity contribution in [2.24, 2.45) is 0 Å². The van der Waals surface area contributed by atoms with Crippen LogP contribution in [0.15, 0.2) is 36.4 Å². The first kappa shape index (κ1) is 9.99. The van der Waals surface area contributed by atoms with Gasteiger partial charge in [-0.15, -0.1) is 0 Å². The Bertz CT molecular complexity index is 377. The van der Waals surface area contributed by atoms with Crippen LogP contribution in [0.2, 0.25) is 0 Å². The summed E-state index contributed by atoms with van der Waals surface area (Å²) in [5, 5.41) is 0. The van der Waals surface area contributed by atoms with E-state index in [1.165, 1.54) is 6.26 Å². The van der Waals surface area contributed by atoms with Gasteiger partial charge in [0.2, 0.25) is 0 Å². The highest BCUT2D eigenvalue weighted by Crippen LogP contribution is 2.00. The Morgan fingerprint density at radius 3 is 2.38 bits per heavy atom. The summed E-state index contributed by atoms with van der Waals surface area (Å²) in [6, 6.07) is 9.62. The first-order chi connectivity index (χ1) is 6.08. The first-order valence-corrected chi connectivity index (χ1v) is 6.03. The molecule has 1 aromatic carbocycles. The molecule has 0 atom stereocenters. The SMILES string of the molecule is CS(=O)(=O)C/C=C/c1ccccc1. The van der Waals surface area contributed by atoms with E-state index in [-0.39, 0.29) is 5.75 Å². The fraction of sp³-hybridized carbons (Fsp3) is 0.200. The summed E-state index contributed by atoms with van der Waals surface area (Å²) in [6.45, 7) is 0. The molecular formula is C10H12O2S. The molecule has 0 heterocycles. The molecule has 0 spiro atoms. The lowest BCUT2D eigenvalue weighted by Gasteiger charge is -1.91. The van der Waals surface area contributed by atoms with Crippen LogP contribution in [0.1, 0.15) is 5.56 Å². The normalized spacial score (nSPS) is 12.1. The summed E-state index contributed by atoms with van der Waals surface area (Å²) in [6.07, 6.45) is 4.69. The maximum atomic E-state index is 10.8. The highest BCUT2D eigenvalue weighted by atomic mass is 32.2. The van der Waals surface area contributed by atoms with Crippen molar-refractivity contribution in [3.8, 4) is 0 Å². The van der Waals surface area contributed by atoms with Crippen LogP contribution in [0.25, 0.3) is 6.08 Å². The van der Waals surface area contributed by atoms with Crippen molar-refractivity contribution in [2.45, 2.75) is 0 Å². The molecule has 2 nitrogen and oxygen atoms in total. The molecule has 1 rings (SSSR count). The van der Waals surface area contributed by atoms with Gasteiger partial charge in [-0.3, -0.25) is 0 Å². The predicted molar refractivity (Wildman–Crippen MR) is 55.2 cm³/mol. The molecule has 0 aromatic heterocycles. The van der Waals surface area contributed by atoms with Crippen molar-refractivity contribution in [1.82, 2.24) is 0 Å². The molecule has 70 valence electrons. The molecule has 0 aliphatic carbocycles. The van der Waals surface area contributed by atoms with Crippen LogP contribution in [0, 0.1) is 0 Å². The standard InChI is InChI=1S/C10H12O2S/c1-13(11,12)9-5-8-10-6-3-2-4-7-10/h2-8H,9H2,1H3/b8-5+. The predicted octanol–water partition coefficient (Wildman–Crippen LogP) is 1.74. The molecule has 0 radical (unpaired) electrons. The maximum Gasteiger partial charge on any atom is 0.151 e. The zero-order chi connectivity index (χ0) is 9.73. The lowest BCUT2D eigenvalue weighted by Crippen LogP contribution is -1.98. The third-order valence-corrected chi connectivity index (χ3v) is 2.31. The van der Waals surface area contributed by atoms with Crippen molar-refractivity contribution in [2.75, 3.05) is 12.0 Å². The Morgan fingerprint density at radius 1 is 1.23 bits per heavy atom. The average molecular weight is 196 g/mol. The van der Waals surface area contributed by atoms with Crippen molar-refractivity contribution in [1.29, 1.82) is 0 Å². The number of benzene rings is 1. The van der Waals surface area contributed by atoms with E-state index >= 15 is 0 Å². The fourth-order valence-electron chi connectivity index (χ4n) is 0.923. The van der Waals surface area contributed by atoms with Gasteiger partial charge in [0.05, 0.1) is 5.75 Å². The number of rotatable bonds is 3. The van der Waals surface area contributed by atoms with Gasteiger partial charge in [-0.05, 0) is 5.56 Å². The third kappa shape index (κ3) is 4.48. The smallest absolute Gasteiger partial charge is 0.151 e. The first-order valence-electron chi connectivity index (χ1n) is 3.97.